The zero-order chi connectivity index (χ0) is 16.2. The van der Waals surface area contributed by atoms with Gasteiger partial charge in [0.25, 0.3) is 0 Å². The average molecular weight is 366 g/mol. The van der Waals surface area contributed by atoms with Crippen molar-refractivity contribution in [1.29, 1.82) is 0 Å². The summed E-state index contributed by atoms with van der Waals surface area (Å²) in [7, 11) is 3.27. The second kappa shape index (κ2) is 7.16. The van der Waals surface area contributed by atoms with E-state index in [4.69, 9.17) is 15.2 Å². The number of anilines is 1. The Morgan fingerprint density at radius 3 is 2.78 bits per heavy atom. The number of aromatic nitrogens is 3. The normalized spacial score (nSPS) is 10.7. The van der Waals surface area contributed by atoms with Crippen LogP contribution in [-0.4, -0.2) is 29.4 Å². The summed E-state index contributed by atoms with van der Waals surface area (Å²) in [5, 5.41) is 11.2. The predicted octanol–water partition coefficient (Wildman–Crippen LogP) is 3.55. The van der Waals surface area contributed by atoms with E-state index < -0.39 is 0 Å². The molecule has 2 N–H and O–H groups in total. The van der Waals surface area contributed by atoms with Crippen LogP contribution in [0.15, 0.2) is 27.9 Å². The molecule has 2 heterocycles. The third kappa shape index (κ3) is 3.74. The lowest BCUT2D eigenvalue weighted by Gasteiger charge is -2.08. The van der Waals surface area contributed by atoms with Crippen LogP contribution in [0.5, 0.6) is 11.5 Å². The largest absolute Gasteiger partial charge is 0.497 e. The van der Waals surface area contributed by atoms with Crippen LogP contribution < -0.4 is 15.2 Å². The summed E-state index contributed by atoms with van der Waals surface area (Å²) in [4.78, 5) is 4.67. The molecule has 0 saturated heterocycles. The van der Waals surface area contributed by atoms with Gasteiger partial charge >= 0.3 is 0 Å². The lowest BCUT2D eigenvalue weighted by Crippen LogP contribution is -1.90. The van der Waals surface area contributed by atoms with Gasteiger partial charge in [0.05, 0.1) is 25.5 Å². The van der Waals surface area contributed by atoms with Crippen molar-refractivity contribution in [3.8, 4) is 22.1 Å². The highest BCUT2D eigenvalue weighted by Crippen LogP contribution is 2.36. The Balaban J connectivity index is 1.76. The molecular formula is C14H14N4O2S3. The number of thiazole rings is 1. The Morgan fingerprint density at radius 1 is 1.22 bits per heavy atom. The van der Waals surface area contributed by atoms with Crippen molar-refractivity contribution in [2.45, 2.75) is 10.1 Å². The molecule has 6 nitrogen and oxygen atoms in total. The van der Waals surface area contributed by atoms with Gasteiger partial charge in [0.15, 0.2) is 4.34 Å². The highest BCUT2D eigenvalue weighted by Gasteiger charge is 2.12. The third-order valence-corrected chi connectivity index (χ3v) is 5.80. The molecule has 0 aliphatic carbocycles. The van der Waals surface area contributed by atoms with E-state index in [2.05, 4.69) is 15.2 Å². The fourth-order valence-corrected chi connectivity index (χ4v) is 4.37. The maximum atomic E-state index is 5.58. The number of hydrogen-bond donors (Lipinski definition) is 1. The number of thioether (sulfide) groups is 1. The molecule has 0 radical (unpaired) electrons. The molecule has 2 aromatic heterocycles. The van der Waals surface area contributed by atoms with Gasteiger partial charge in [0.1, 0.15) is 16.5 Å². The molecule has 23 heavy (non-hydrogen) atoms. The zero-order valence-electron chi connectivity index (χ0n) is 12.5. The molecule has 0 amide bonds. The fraction of sp³-hybridized carbons (Fsp3) is 0.214. The fourth-order valence-electron chi connectivity index (χ4n) is 1.89. The minimum absolute atomic E-state index is 0.481. The zero-order valence-corrected chi connectivity index (χ0v) is 14.9. The standard InChI is InChI=1S/C14H14N4O2S3/c1-19-9-3-4-10(11(5-9)20-2)12-16-8(6-21-12)7-22-14-18-17-13(15)23-14/h3-6H,7H2,1-2H3,(H2,15,17). The van der Waals surface area contributed by atoms with Gasteiger partial charge in [-0.25, -0.2) is 4.98 Å². The molecule has 9 heteroatoms. The Morgan fingerprint density at radius 2 is 2.09 bits per heavy atom. The van der Waals surface area contributed by atoms with E-state index in [1.54, 1.807) is 37.3 Å². The Labute approximate surface area is 145 Å². The molecule has 0 aliphatic heterocycles. The van der Waals surface area contributed by atoms with Crippen LogP contribution in [0.4, 0.5) is 5.13 Å². The number of benzene rings is 1. The molecule has 0 bridgehead atoms. The molecule has 0 fully saturated rings. The van der Waals surface area contributed by atoms with E-state index in [1.807, 2.05) is 23.6 Å². The first kappa shape index (κ1) is 16.0. The minimum Gasteiger partial charge on any atom is -0.497 e. The van der Waals surface area contributed by atoms with Crippen LogP contribution in [0.1, 0.15) is 5.69 Å². The summed E-state index contributed by atoms with van der Waals surface area (Å²) >= 11 is 4.54. The van der Waals surface area contributed by atoms with Crippen LogP contribution in [0.3, 0.4) is 0 Å². The minimum atomic E-state index is 0.481. The Bertz CT molecular complexity index is 803. The van der Waals surface area contributed by atoms with Crippen molar-refractivity contribution in [1.82, 2.24) is 15.2 Å². The number of rotatable bonds is 6. The Kier molecular flexibility index (Phi) is 4.99. The van der Waals surface area contributed by atoms with E-state index in [0.29, 0.717) is 5.13 Å². The first-order valence-electron chi connectivity index (χ1n) is 6.58. The molecule has 0 spiro atoms. The quantitative estimate of drug-likeness (QED) is 0.668. The average Bonchev–Trinajstić information content (AvgIpc) is 3.21. The second-order valence-corrected chi connectivity index (χ2v) is 7.49. The molecule has 1 aromatic carbocycles. The van der Waals surface area contributed by atoms with Crippen molar-refractivity contribution in [2.24, 2.45) is 0 Å². The number of methoxy groups -OCH3 is 2. The van der Waals surface area contributed by atoms with Crippen LogP contribution in [0.2, 0.25) is 0 Å². The number of nitrogens with two attached hydrogens (primary N) is 1. The van der Waals surface area contributed by atoms with E-state index in [1.165, 1.54) is 11.3 Å². The number of hydrogen-bond acceptors (Lipinski definition) is 9. The van der Waals surface area contributed by atoms with E-state index in [9.17, 15) is 0 Å². The van der Waals surface area contributed by atoms with Crippen molar-refractivity contribution in [3.63, 3.8) is 0 Å². The van der Waals surface area contributed by atoms with Gasteiger partial charge in [-0.1, -0.05) is 23.1 Å². The van der Waals surface area contributed by atoms with Crippen LogP contribution in [0, 0.1) is 0 Å². The van der Waals surface area contributed by atoms with Crippen molar-refractivity contribution < 1.29 is 9.47 Å². The molecule has 120 valence electrons. The number of ether oxygens (including phenoxy) is 2. The number of nitrogen functional groups attached to an aromatic ring is 1. The summed E-state index contributed by atoms with van der Waals surface area (Å²) < 4.78 is 11.5. The summed E-state index contributed by atoms with van der Waals surface area (Å²) in [6.45, 7) is 0. The molecule has 3 aromatic rings. The van der Waals surface area contributed by atoms with Crippen LogP contribution in [-0.2, 0) is 5.75 Å². The van der Waals surface area contributed by atoms with Crippen molar-refractivity contribution >= 4 is 39.6 Å². The van der Waals surface area contributed by atoms with Crippen LogP contribution in [0.25, 0.3) is 10.6 Å². The van der Waals surface area contributed by atoms with Gasteiger partial charge < -0.3 is 15.2 Å². The SMILES string of the molecule is COc1ccc(-c2nc(CSc3nnc(N)s3)cs2)c(OC)c1. The van der Waals surface area contributed by atoms with Crippen LogP contribution >= 0.6 is 34.4 Å². The van der Waals surface area contributed by atoms with Gasteiger partial charge in [-0.05, 0) is 12.1 Å². The first-order chi connectivity index (χ1) is 11.2. The van der Waals surface area contributed by atoms with E-state index in [-0.39, 0.29) is 0 Å². The lowest BCUT2D eigenvalue weighted by atomic mass is 10.2. The monoisotopic (exact) mass is 366 g/mol. The molecule has 0 aliphatic rings. The maximum Gasteiger partial charge on any atom is 0.203 e. The summed E-state index contributed by atoms with van der Waals surface area (Å²) in [6, 6.07) is 5.71. The highest BCUT2D eigenvalue weighted by atomic mass is 32.2. The predicted molar refractivity (Wildman–Crippen MR) is 94.5 cm³/mol. The molecular weight excluding hydrogens is 352 g/mol. The molecule has 3 rings (SSSR count). The van der Waals surface area contributed by atoms with Gasteiger partial charge in [0, 0.05) is 17.2 Å². The highest BCUT2D eigenvalue weighted by molar-refractivity contribution is 8.00. The second-order valence-electron chi connectivity index (χ2n) is 4.41. The van der Waals surface area contributed by atoms with E-state index in [0.717, 1.165) is 37.9 Å². The summed E-state index contributed by atoms with van der Waals surface area (Å²) in [5.74, 6) is 2.23. The van der Waals surface area contributed by atoms with Gasteiger partial charge in [-0.15, -0.1) is 21.5 Å². The lowest BCUT2D eigenvalue weighted by molar-refractivity contribution is 0.395. The van der Waals surface area contributed by atoms with Gasteiger partial charge in [-0.2, -0.15) is 0 Å². The summed E-state index contributed by atoms with van der Waals surface area (Å²) in [5.41, 5.74) is 7.52. The summed E-state index contributed by atoms with van der Waals surface area (Å²) in [6.07, 6.45) is 0. The topological polar surface area (TPSA) is 83.2 Å². The van der Waals surface area contributed by atoms with Gasteiger partial charge in [-0.3, -0.25) is 0 Å². The van der Waals surface area contributed by atoms with E-state index >= 15 is 0 Å². The molecule has 0 unspecified atom stereocenters. The Hall–Kier alpha value is -1.84. The maximum absolute atomic E-state index is 5.58. The molecule has 0 saturated carbocycles. The number of nitrogens with zero attached hydrogens (tertiary/aromatic N) is 3. The van der Waals surface area contributed by atoms with Gasteiger partial charge in [0.2, 0.25) is 5.13 Å². The van der Waals surface area contributed by atoms with Crippen molar-refractivity contribution in [3.05, 3.63) is 29.3 Å². The molecule has 0 atom stereocenters. The third-order valence-electron chi connectivity index (χ3n) is 2.96. The first-order valence-corrected chi connectivity index (χ1v) is 9.26. The van der Waals surface area contributed by atoms with Crippen molar-refractivity contribution in [2.75, 3.05) is 20.0 Å². The smallest absolute Gasteiger partial charge is 0.203 e.